The molecule has 1 saturated heterocycles. The van der Waals surface area contributed by atoms with E-state index in [-0.39, 0.29) is 11.9 Å². The smallest absolute Gasteiger partial charge is 0.228 e. The molecule has 1 aliphatic rings. The Kier molecular flexibility index (Phi) is 7.23. The van der Waals surface area contributed by atoms with Crippen molar-refractivity contribution in [3.8, 4) is 11.1 Å². The first-order valence-electron chi connectivity index (χ1n) is 12.0. The number of imidazole rings is 1. The van der Waals surface area contributed by atoms with Crippen molar-refractivity contribution >= 4 is 5.91 Å². The van der Waals surface area contributed by atoms with Gasteiger partial charge in [-0.3, -0.25) is 14.7 Å². The van der Waals surface area contributed by atoms with E-state index in [0.717, 1.165) is 56.0 Å². The van der Waals surface area contributed by atoms with Crippen molar-refractivity contribution in [1.29, 1.82) is 0 Å². The molecule has 0 aliphatic carbocycles. The average molecular weight is 446 g/mol. The number of carbonyl (C=O) groups excluding carboxylic acids is 1. The summed E-state index contributed by atoms with van der Waals surface area (Å²) in [5.74, 6) is 1.22. The second-order valence-corrected chi connectivity index (χ2v) is 9.43. The van der Waals surface area contributed by atoms with Crippen LogP contribution in [0.3, 0.4) is 0 Å². The van der Waals surface area contributed by atoms with Gasteiger partial charge in [0.2, 0.25) is 5.91 Å². The van der Waals surface area contributed by atoms with Crippen LogP contribution in [0.2, 0.25) is 0 Å². The minimum absolute atomic E-state index is 0.109. The van der Waals surface area contributed by atoms with Gasteiger partial charge in [-0.15, -0.1) is 0 Å². The van der Waals surface area contributed by atoms with E-state index < -0.39 is 5.41 Å². The molecule has 0 saturated carbocycles. The van der Waals surface area contributed by atoms with Crippen molar-refractivity contribution < 1.29 is 4.79 Å². The summed E-state index contributed by atoms with van der Waals surface area (Å²) < 4.78 is 2.18. The minimum Gasteiger partial charge on any atom is -0.353 e. The number of rotatable bonds is 8. The van der Waals surface area contributed by atoms with E-state index in [1.54, 1.807) is 6.20 Å². The maximum atomic E-state index is 13.7. The van der Waals surface area contributed by atoms with Gasteiger partial charge in [0.05, 0.1) is 12.0 Å². The Balaban J connectivity index is 1.65. The lowest BCUT2D eigenvalue weighted by Crippen LogP contribution is -2.54. The zero-order valence-electron chi connectivity index (χ0n) is 20.0. The Bertz CT molecular complexity index is 1060. The minimum atomic E-state index is -0.482. The van der Waals surface area contributed by atoms with Crippen molar-refractivity contribution in [2.75, 3.05) is 13.1 Å². The van der Waals surface area contributed by atoms with E-state index in [1.165, 1.54) is 5.56 Å². The molecule has 0 bridgehead atoms. The topological polar surface area (TPSA) is 63.1 Å². The highest BCUT2D eigenvalue weighted by Gasteiger charge is 2.43. The zero-order chi connectivity index (χ0) is 23.3. The third-order valence-electron chi connectivity index (χ3n) is 6.58. The van der Waals surface area contributed by atoms with E-state index in [9.17, 15) is 4.79 Å². The number of carbonyl (C=O) groups is 1. The Morgan fingerprint density at radius 2 is 2.03 bits per heavy atom. The summed E-state index contributed by atoms with van der Waals surface area (Å²) in [6.45, 7) is 9.59. The Hall–Kier alpha value is -2.99. The first-order valence-corrected chi connectivity index (χ1v) is 12.0. The predicted octanol–water partition coefficient (Wildman–Crippen LogP) is 4.31. The van der Waals surface area contributed by atoms with Crippen molar-refractivity contribution in [3.63, 3.8) is 0 Å². The first-order chi connectivity index (χ1) is 16.0. The van der Waals surface area contributed by atoms with E-state index in [0.29, 0.717) is 6.42 Å². The van der Waals surface area contributed by atoms with Gasteiger partial charge < -0.3 is 9.88 Å². The molecule has 0 unspecified atom stereocenters. The second kappa shape index (κ2) is 10.3. The SMILES string of the molecule is CCn1ccnc1CN1CCC[C@](Cc2ccccc2-c2cccnc2)(C(=O)NC(C)C)C1. The Morgan fingerprint density at radius 1 is 1.18 bits per heavy atom. The highest BCUT2D eigenvalue weighted by atomic mass is 16.2. The maximum Gasteiger partial charge on any atom is 0.228 e. The van der Waals surface area contributed by atoms with Crippen molar-refractivity contribution in [3.05, 3.63) is 72.6 Å². The number of aromatic nitrogens is 3. The van der Waals surface area contributed by atoms with Gasteiger partial charge in [0.15, 0.2) is 0 Å². The fourth-order valence-corrected chi connectivity index (χ4v) is 5.01. The van der Waals surface area contributed by atoms with E-state index >= 15 is 0 Å². The van der Waals surface area contributed by atoms with Gasteiger partial charge >= 0.3 is 0 Å². The van der Waals surface area contributed by atoms with Gasteiger partial charge in [0.25, 0.3) is 0 Å². The van der Waals surface area contributed by atoms with Crippen LogP contribution >= 0.6 is 0 Å². The zero-order valence-corrected chi connectivity index (χ0v) is 20.0. The van der Waals surface area contributed by atoms with Crippen LogP contribution in [0.5, 0.6) is 0 Å². The number of aryl methyl sites for hydroxylation is 1. The molecule has 1 fully saturated rings. The van der Waals surface area contributed by atoms with Gasteiger partial charge in [0, 0.05) is 49.5 Å². The lowest BCUT2D eigenvalue weighted by atomic mass is 9.73. The third-order valence-corrected chi connectivity index (χ3v) is 6.58. The molecule has 33 heavy (non-hydrogen) atoms. The van der Waals surface area contributed by atoms with Crippen LogP contribution in [0.25, 0.3) is 11.1 Å². The number of benzene rings is 1. The summed E-state index contributed by atoms with van der Waals surface area (Å²) in [5, 5.41) is 3.24. The first kappa shape index (κ1) is 23.2. The molecule has 0 spiro atoms. The van der Waals surface area contributed by atoms with E-state index in [2.05, 4.69) is 62.0 Å². The summed E-state index contributed by atoms with van der Waals surface area (Å²) in [5.41, 5.74) is 2.96. The molecule has 6 heteroatoms. The monoisotopic (exact) mass is 445 g/mol. The molecule has 1 N–H and O–H groups in total. The number of hydrogen-bond acceptors (Lipinski definition) is 4. The Morgan fingerprint density at radius 3 is 2.79 bits per heavy atom. The van der Waals surface area contributed by atoms with Crippen LogP contribution in [0.4, 0.5) is 0 Å². The molecule has 1 aliphatic heterocycles. The average Bonchev–Trinajstić information content (AvgIpc) is 3.27. The Labute approximate surface area is 197 Å². The molecule has 3 heterocycles. The predicted molar refractivity (Wildman–Crippen MR) is 132 cm³/mol. The second-order valence-electron chi connectivity index (χ2n) is 9.43. The molecule has 4 rings (SSSR count). The molecule has 2 aromatic heterocycles. The molecular weight excluding hydrogens is 410 g/mol. The van der Waals surface area contributed by atoms with Crippen molar-refractivity contribution in [2.24, 2.45) is 5.41 Å². The van der Waals surface area contributed by atoms with Crippen molar-refractivity contribution in [1.82, 2.24) is 24.8 Å². The molecular formula is C27H35N5O. The quantitative estimate of drug-likeness (QED) is 0.561. The van der Waals surface area contributed by atoms with Crippen LogP contribution < -0.4 is 5.32 Å². The standard InChI is InChI=1S/C27H35N5O/c1-4-32-16-14-29-25(32)19-31-15-8-12-27(20-31,26(33)30-21(2)3)17-22-9-5-6-11-24(22)23-10-7-13-28-18-23/h5-7,9-11,13-14,16,18,21H,4,8,12,15,17,19-20H2,1-3H3,(H,30,33)/t27-/m1/s1. The number of piperidine rings is 1. The van der Waals surface area contributed by atoms with Crippen LogP contribution in [-0.2, 0) is 24.3 Å². The van der Waals surface area contributed by atoms with Crippen LogP contribution in [0, 0.1) is 5.41 Å². The molecule has 174 valence electrons. The number of pyridine rings is 1. The fourth-order valence-electron chi connectivity index (χ4n) is 5.01. The normalized spacial score (nSPS) is 19.0. The number of nitrogens with zero attached hydrogens (tertiary/aromatic N) is 4. The summed E-state index contributed by atoms with van der Waals surface area (Å²) in [7, 11) is 0. The summed E-state index contributed by atoms with van der Waals surface area (Å²) in [6, 6.07) is 12.6. The van der Waals surface area contributed by atoms with Crippen LogP contribution in [0.15, 0.2) is 61.2 Å². The number of nitrogens with one attached hydrogen (secondary N) is 1. The number of amides is 1. The highest BCUT2D eigenvalue weighted by Crippen LogP contribution is 2.37. The molecule has 1 atom stereocenters. The molecule has 1 amide bonds. The fraction of sp³-hybridized carbons (Fsp3) is 0.444. The van der Waals surface area contributed by atoms with E-state index in [4.69, 9.17) is 0 Å². The lowest BCUT2D eigenvalue weighted by molar-refractivity contribution is -0.135. The highest BCUT2D eigenvalue weighted by molar-refractivity contribution is 5.84. The van der Waals surface area contributed by atoms with Gasteiger partial charge in [-0.25, -0.2) is 4.98 Å². The number of hydrogen-bond donors (Lipinski definition) is 1. The molecule has 6 nitrogen and oxygen atoms in total. The van der Waals surface area contributed by atoms with Crippen molar-refractivity contribution in [2.45, 2.75) is 59.2 Å². The summed E-state index contributed by atoms with van der Waals surface area (Å²) in [4.78, 5) is 25.0. The summed E-state index contributed by atoms with van der Waals surface area (Å²) in [6.07, 6.45) is 10.2. The summed E-state index contributed by atoms with van der Waals surface area (Å²) >= 11 is 0. The largest absolute Gasteiger partial charge is 0.353 e. The molecule has 0 radical (unpaired) electrons. The van der Waals surface area contributed by atoms with Gasteiger partial charge in [-0.05, 0) is 63.8 Å². The van der Waals surface area contributed by atoms with Gasteiger partial charge in [0.1, 0.15) is 5.82 Å². The van der Waals surface area contributed by atoms with Crippen LogP contribution in [-0.4, -0.2) is 44.5 Å². The third kappa shape index (κ3) is 5.33. The van der Waals surface area contributed by atoms with Gasteiger partial charge in [-0.1, -0.05) is 30.3 Å². The number of likely N-dealkylation sites (tertiary alicyclic amines) is 1. The van der Waals surface area contributed by atoms with Gasteiger partial charge in [-0.2, -0.15) is 0 Å². The molecule has 1 aromatic carbocycles. The van der Waals surface area contributed by atoms with Crippen LogP contribution in [0.1, 0.15) is 45.0 Å². The maximum absolute atomic E-state index is 13.7. The molecule has 3 aromatic rings. The lowest BCUT2D eigenvalue weighted by Gasteiger charge is -2.42. The van der Waals surface area contributed by atoms with E-state index in [1.807, 2.05) is 38.5 Å².